The summed E-state index contributed by atoms with van der Waals surface area (Å²) in [6.45, 7) is 0. The van der Waals surface area contributed by atoms with Crippen LogP contribution in [0.5, 0.6) is 23.0 Å². The minimum absolute atomic E-state index is 0.663. The van der Waals surface area contributed by atoms with E-state index in [0.717, 1.165) is 45.2 Å². The van der Waals surface area contributed by atoms with Gasteiger partial charge in [-0.1, -0.05) is 84.9 Å². The van der Waals surface area contributed by atoms with Gasteiger partial charge in [0, 0.05) is 29.0 Å². The number of imidazole rings is 1. The van der Waals surface area contributed by atoms with Crippen LogP contribution in [0.3, 0.4) is 0 Å². The van der Waals surface area contributed by atoms with Gasteiger partial charge >= 0.3 is 0 Å². The Bertz CT molecular complexity index is 2090. The second-order valence-corrected chi connectivity index (χ2v) is 10.1. The first-order valence-corrected chi connectivity index (χ1v) is 13.9. The van der Waals surface area contributed by atoms with Crippen molar-refractivity contribution in [1.82, 2.24) is 14.1 Å². The van der Waals surface area contributed by atoms with Crippen molar-refractivity contribution in [1.29, 1.82) is 0 Å². The molecule has 0 bridgehead atoms. The Morgan fingerprint density at radius 1 is 0.405 bits per heavy atom. The standard InChI is InChI=1S/C37H25N3O2/c1-3-13-27(14-4-1)41-29-23-26(24-30(25-29)42-28-15-5-2-6-16-28)39-36-22-12-9-19-33(36)38-37(39)40-34-20-10-7-17-31(34)32-18-8-11-21-35(32)40/h1-25H. The van der Waals surface area contributed by atoms with E-state index >= 15 is 0 Å². The molecule has 2 heterocycles. The Morgan fingerprint density at radius 3 is 1.45 bits per heavy atom. The minimum Gasteiger partial charge on any atom is -0.457 e. The Labute approximate surface area is 242 Å². The van der Waals surface area contributed by atoms with Crippen LogP contribution in [0.4, 0.5) is 0 Å². The molecule has 0 aliphatic rings. The summed E-state index contributed by atoms with van der Waals surface area (Å²) >= 11 is 0. The molecule has 0 saturated carbocycles. The van der Waals surface area contributed by atoms with E-state index in [0.29, 0.717) is 11.5 Å². The Hall–Kier alpha value is -5.81. The number of hydrogen-bond acceptors (Lipinski definition) is 3. The Kier molecular flexibility index (Phi) is 5.71. The van der Waals surface area contributed by atoms with Crippen LogP contribution < -0.4 is 9.47 Å². The maximum absolute atomic E-state index is 6.36. The Morgan fingerprint density at radius 2 is 0.881 bits per heavy atom. The number of hydrogen-bond donors (Lipinski definition) is 0. The van der Waals surface area contributed by atoms with Gasteiger partial charge in [-0.05, 0) is 48.5 Å². The number of rotatable bonds is 6. The third-order valence-electron chi connectivity index (χ3n) is 7.40. The molecule has 8 aromatic rings. The van der Waals surface area contributed by atoms with Crippen LogP contribution in [0.25, 0.3) is 44.5 Å². The third kappa shape index (κ3) is 4.16. The predicted octanol–water partition coefficient (Wildman–Crippen LogP) is 9.71. The molecule has 0 aliphatic carbocycles. The molecule has 0 spiro atoms. The fourth-order valence-corrected chi connectivity index (χ4v) is 5.61. The van der Waals surface area contributed by atoms with Crippen molar-refractivity contribution in [3.63, 3.8) is 0 Å². The topological polar surface area (TPSA) is 41.2 Å². The lowest BCUT2D eigenvalue weighted by Crippen LogP contribution is -2.06. The van der Waals surface area contributed by atoms with E-state index in [9.17, 15) is 0 Å². The lowest BCUT2D eigenvalue weighted by atomic mass is 10.2. The predicted molar refractivity (Wildman–Crippen MR) is 168 cm³/mol. The summed E-state index contributed by atoms with van der Waals surface area (Å²) < 4.78 is 17.1. The largest absolute Gasteiger partial charge is 0.457 e. The fraction of sp³-hybridized carbons (Fsp3) is 0. The maximum Gasteiger partial charge on any atom is 0.220 e. The van der Waals surface area contributed by atoms with E-state index in [4.69, 9.17) is 14.5 Å². The van der Waals surface area contributed by atoms with E-state index < -0.39 is 0 Å². The molecule has 42 heavy (non-hydrogen) atoms. The van der Waals surface area contributed by atoms with Gasteiger partial charge in [-0.2, -0.15) is 0 Å². The van der Waals surface area contributed by atoms with Crippen molar-refractivity contribution in [2.75, 3.05) is 0 Å². The highest BCUT2D eigenvalue weighted by atomic mass is 16.5. The van der Waals surface area contributed by atoms with Gasteiger partial charge in [0.05, 0.1) is 27.8 Å². The first-order valence-electron chi connectivity index (χ1n) is 13.9. The zero-order chi connectivity index (χ0) is 27.9. The molecule has 0 unspecified atom stereocenters. The molecule has 0 amide bonds. The molecule has 6 aromatic carbocycles. The number of aromatic nitrogens is 3. The van der Waals surface area contributed by atoms with Crippen molar-refractivity contribution in [3.05, 3.63) is 152 Å². The average molecular weight is 544 g/mol. The number of fused-ring (bicyclic) bond motifs is 4. The Balaban J connectivity index is 1.40. The highest BCUT2D eigenvalue weighted by Crippen LogP contribution is 2.37. The van der Waals surface area contributed by atoms with Gasteiger partial charge < -0.3 is 9.47 Å². The SMILES string of the molecule is c1ccc(Oc2cc(Oc3ccccc3)cc(-n3c(-n4c5ccccc5c5ccccc54)nc4ccccc43)c2)cc1. The molecule has 2 aromatic heterocycles. The monoisotopic (exact) mass is 543 g/mol. The first-order chi connectivity index (χ1) is 20.8. The van der Waals surface area contributed by atoms with Crippen molar-refractivity contribution in [3.8, 4) is 34.6 Å². The van der Waals surface area contributed by atoms with Gasteiger partial charge in [-0.3, -0.25) is 9.13 Å². The number of ether oxygens (including phenoxy) is 2. The van der Waals surface area contributed by atoms with E-state index in [1.807, 2.05) is 91.0 Å². The molecule has 5 nitrogen and oxygen atoms in total. The molecule has 200 valence electrons. The molecule has 0 radical (unpaired) electrons. The van der Waals surface area contributed by atoms with Crippen molar-refractivity contribution in [2.24, 2.45) is 0 Å². The van der Waals surface area contributed by atoms with Crippen LogP contribution in [-0.2, 0) is 0 Å². The second-order valence-electron chi connectivity index (χ2n) is 10.1. The van der Waals surface area contributed by atoms with Crippen LogP contribution in [0.2, 0.25) is 0 Å². The summed E-state index contributed by atoms with van der Waals surface area (Å²) in [6.07, 6.45) is 0. The third-order valence-corrected chi connectivity index (χ3v) is 7.40. The zero-order valence-corrected chi connectivity index (χ0v) is 22.6. The molecule has 5 heteroatoms. The summed E-state index contributed by atoms with van der Waals surface area (Å²) in [5.74, 6) is 3.61. The normalized spacial score (nSPS) is 11.3. The lowest BCUT2D eigenvalue weighted by molar-refractivity contribution is 0.460. The second kappa shape index (κ2) is 9.98. The van der Waals surface area contributed by atoms with Gasteiger partial charge in [-0.15, -0.1) is 0 Å². The van der Waals surface area contributed by atoms with Gasteiger partial charge in [0.1, 0.15) is 23.0 Å². The summed E-state index contributed by atoms with van der Waals surface area (Å²) in [5, 5.41) is 2.36. The van der Waals surface area contributed by atoms with Gasteiger partial charge in [0.2, 0.25) is 5.95 Å². The summed E-state index contributed by atoms with van der Waals surface area (Å²) in [6, 6.07) is 50.7. The molecular formula is C37H25N3O2. The quantitative estimate of drug-likeness (QED) is 0.210. The minimum atomic E-state index is 0.663. The van der Waals surface area contributed by atoms with Crippen LogP contribution in [0.15, 0.2) is 152 Å². The summed E-state index contributed by atoms with van der Waals surface area (Å²) in [5.41, 5.74) is 4.94. The smallest absolute Gasteiger partial charge is 0.220 e. The molecule has 0 atom stereocenters. The number of nitrogens with zero attached hydrogens (tertiary/aromatic N) is 3. The number of para-hydroxylation sites is 6. The molecule has 0 aliphatic heterocycles. The number of benzene rings is 6. The van der Waals surface area contributed by atoms with E-state index in [2.05, 4.69) is 69.8 Å². The van der Waals surface area contributed by atoms with E-state index in [-0.39, 0.29) is 0 Å². The summed E-state index contributed by atoms with van der Waals surface area (Å²) in [4.78, 5) is 5.20. The van der Waals surface area contributed by atoms with Crippen LogP contribution in [0.1, 0.15) is 0 Å². The van der Waals surface area contributed by atoms with Gasteiger partial charge in [-0.25, -0.2) is 4.98 Å². The van der Waals surface area contributed by atoms with Crippen molar-refractivity contribution < 1.29 is 9.47 Å². The van der Waals surface area contributed by atoms with E-state index in [1.54, 1.807) is 0 Å². The van der Waals surface area contributed by atoms with Crippen molar-refractivity contribution >= 4 is 32.8 Å². The molecule has 8 rings (SSSR count). The molecular weight excluding hydrogens is 518 g/mol. The maximum atomic E-state index is 6.36. The van der Waals surface area contributed by atoms with Crippen LogP contribution in [-0.4, -0.2) is 14.1 Å². The molecule has 0 fully saturated rings. The first kappa shape index (κ1) is 24.0. The zero-order valence-electron chi connectivity index (χ0n) is 22.6. The van der Waals surface area contributed by atoms with Crippen molar-refractivity contribution in [2.45, 2.75) is 0 Å². The highest BCUT2D eigenvalue weighted by molar-refractivity contribution is 6.09. The summed E-state index contributed by atoms with van der Waals surface area (Å²) in [7, 11) is 0. The fourth-order valence-electron chi connectivity index (χ4n) is 5.61. The molecule has 0 saturated heterocycles. The van der Waals surface area contributed by atoms with Crippen LogP contribution in [0, 0.1) is 0 Å². The highest BCUT2D eigenvalue weighted by Gasteiger charge is 2.20. The van der Waals surface area contributed by atoms with Gasteiger partial charge in [0.15, 0.2) is 0 Å². The average Bonchev–Trinajstić information content (AvgIpc) is 3.58. The lowest BCUT2D eigenvalue weighted by Gasteiger charge is -2.16. The van der Waals surface area contributed by atoms with E-state index in [1.165, 1.54) is 10.8 Å². The molecule has 0 N–H and O–H groups in total. The van der Waals surface area contributed by atoms with Crippen LogP contribution >= 0.6 is 0 Å². The van der Waals surface area contributed by atoms with Gasteiger partial charge in [0.25, 0.3) is 0 Å².